The Morgan fingerprint density at radius 2 is 1.85 bits per heavy atom. The highest BCUT2D eigenvalue weighted by atomic mass is 16.5. The smallest absolute Gasteiger partial charge is 0.230 e. The van der Waals surface area contributed by atoms with Crippen molar-refractivity contribution in [3.8, 4) is 0 Å². The number of carbonyl (C=O) groups is 1. The minimum atomic E-state index is -0.159. The van der Waals surface area contributed by atoms with Gasteiger partial charge in [-0.3, -0.25) is 4.79 Å². The fourth-order valence-electron chi connectivity index (χ4n) is 3.34. The second-order valence-corrected chi connectivity index (χ2v) is 6.61. The second kappa shape index (κ2) is 6.74. The van der Waals surface area contributed by atoms with E-state index in [-0.39, 0.29) is 12.3 Å². The van der Waals surface area contributed by atoms with Gasteiger partial charge in [0.25, 0.3) is 0 Å². The van der Waals surface area contributed by atoms with Crippen molar-refractivity contribution in [3.63, 3.8) is 0 Å². The molecule has 2 aromatic heterocycles. The number of anilines is 2. The molecule has 134 valence electrons. The molecule has 1 saturated heterocycles. The summed E-state index contributed by atoms with van der Waals surface area (Å²) in [6, 6.07) is 7.52. The topological polar surface area (TPSA) is 84.2 Å². The summed E-state index contributed by atoms with van der Waals surface area (Å²) < 4.78 is 5.26. The van der Waals surface area contributed by atoms with Gasteiger partial charge < -0.3 is 14.7 Å². The summed E-state index contributed by atoms with van der Waals surface area (Å²) >= 11 is 0. The monoisotopic (exact) mass is 351 g/mol. The fraction of sp³-hybridized carbons (Fsp3) is 0.368. The van der Waals surface area contributed by atoms with Crippen molar-refractivity contribution in [3.05, 3.63) is 41.3 Å². The predicted octanol–water partition coefficient (Wildman–Crippen LogP) is 3.02. The molecule has 0 spiro atoms. The zero-order chi connectivity index (χ0) is 18.1. The zero-order valence-corrected chi connectivity index (χ0v) is 15.0. The van der Waals surface area contributed by atoms with E-state index in [0.717, 1.165) is 35.8 Å². The zero-order valence-electron chi connectivity index (χ0n) is 15.0. The third kappa shape index (κ3) is 3.12. The van der Waals surface area contributed by atoms with Crippen molar-refractivity contribution < 1.29 is 9.32 Å². The van der Waals surface area contributed by atoms with Crippen LogP contribution < -0.4 is 10.2 Å². The summed E-state index contributed by atoms with van der Waals surface area (Å²) in [6.45, 7) is 5.78. The maximum atomic E-state index is 12.5. The average Bonchev–Trinajstić information content (AvgIpc) is 3.29. The Hall–Kier alpha value is -2.96. The molecule has 0 unspecified atom stereocenters. The molecule has 1 aromatic carbocycles. The number of rotatable bonds is 4. The molecule has 0 bridgehead atoms. The van der Waals surface area contributed by atoms with Crippen LogP contribution in [0.15, 0.2) is 28.8 Å². The molecule has 0 aliphatic carbocycles. The lowest BCUT2D eigenvalue weighted by molar-refractivity contribution is -0.115. The average molecular weight is 351 g/mol. The number of fused-ring (bicyclic) bond motifs is 1. The second-order valence-electron chi connectivity index (χ2n) is 6.61. The third-order valence-electron chi connectivity index (χ3n) is 4.69. The number of aryl methyl sites for hydroxylation is 2. The Morgan fingerprint density at radius 1 is 1.15 bits per heavy atom. The first-order chi connectivity index (χ1) is 12.6. The van der Waals surface area contributed by atoms with Gasteiger partial charge in [0.2, 0.25) is 11.9 Å². The number of amides is 1. The molecule has 1 N–H and O–H groups in total. The van der Waals surface area contributed by atoms with Gasteiger partial charge in [-0.15, -0.1) is 0 Å². The maximum Gasteiger partial charge on any atom is 0.230 e. The lowest BCUT2D eigenvalue weighted by atomic mass is 10.1. The van der Waals surface area contributed by atoms with Crippen LogP contribution in [-0.2, 0) is 11.2 Å². The molecule has 26 heavy (non-hydrogen) atoms. The van der Waals surface area contributed by atoms with Gasteiger partial charge in [0.15, 0.2) is 5.58 Å². The number of hydrogen-bond acceptors (Lipinski definition) is 6. The SMILES string of the molecule is Cc1nc(N2CCCC2)nc(C)c1NC(=O)Cc1noc2ccccc12. The molecular formula is C19H21N5O2. The summed E-state index contributed by atoms with van der Waals surface area (Å²) in [6.07, 6.45) is 2.49. The van der Waals surface area contributed by atoms with Gasteiger partial charge >= 0.3 is 0 Å². The molecule has 0 atom stereocenters. The molecule has 3 heterocycles. The van der Waals surface area contributed by atoms with Crippen LogP contribution in [0, 0.1) is 13.8 Å². The lowest BCUT2D eigenvalue weighted by Gasteiger charge is -2.18. The Morgan fingerprint density at radius 3 is 2.58 bits per heavy atom. The molecule has 1 fully saturated rings. The van der Waals surface area contributed by atoms with Crippen LogP contribution in [0.3, 0.4) is 0 Å². The van der Waals surface area contributed by atoms with E-state index in [0.29, 0.717) is 17.0 Å². The highest BCUT2D eigenvalue weighted by Crippen LogP contribution is 2.24. The van der Waals surface area contributed by atoms with E-state index in [1.807, 2.05) is 38.1 Å². The minimum absolute atomic E-state index is 0.143. The van der Waals surface area contributed by atoms with Crippen molar-refractivity contribution in [2.45, 2.75) is 33.1 Å². The van der Waals surface area contributed by atoms with Gasteiger partial charge in [-0.2, -0.15) is 0 Å². The normalized spacial score (nSPS) is 14.2. The molecule has 1 aliphatic heterocycles. The summed E-state index contributed by atoms with van der Waals surface area (Å²) in [7, 11) is 0. The molecule has 3 aromatic rings. The van der Waals surface area contributed by atoms with E-state index in [2.05, 4.69) is 25.3 Å². The van der Waals surface area contributed by atoms with Crippen LogP contribution >= 0.6 is 0 Å². The number of aromatic nitrogens is 3. The Balaban J connectivity index is 1.52. The van der Waals surface area contributed by atoms with E-state index >= 15 is 0 Å². The van der Waals surface area contributed by atoms with Gasteiger partial charge in [-0.25, -0.2) is 9.97 Å². The molecule has 0 saturated carbocycles. The molecule has 1 aliphatic rings. The Bertz CT molecular complexity index is 936. The fourth-order valence-corrected chi connectivity index (χ4v) is 3.34. The van der Waals surface area contributed by atoms with E-state index in [9.17, 15) is 4.79 Å². The first kappa shape index (κ1) is 16.5. The highest BCUT2D eigenvalue weighted by Gasteiger charge is 2.19. The summed E-state index contributed by atoms with van der Waals surface area (Å²) in [5, 5.41) is 7.81. The van der Waals surface area contributed by atoms with Crippen molar-refractivity contribution in [2.24, 2.45) is 0 Å². The number of nitrogens with one attached hydrogen (secondary N) is 1. The standard InChI is InChI=1S/C19H21N5O2/c1-12-18(13(2)21-19(20-12)24-9-5-6-10-24)22-17(25)11-15-14-7-3-4-8-16(14)26-23-15/h3-4,7-8H,5-6,9-11H2,1-2H3,(H,22,25). The summed E-state index contributed by atoms with van der Waals surface area (Å²) in [4.78, 5) is 23.9. The van der Waals surface area contributed by atoms with Gasteiger partial charge in [0.1, 0.15) is 5.69 Å². The first-order valence-corrected chi connectivity index (χ1v) is 8.85. The van der Waals surface area contributed by atoms with Gasteiger partial charge in [0.05, 0.1) is 23.5 Å². The van der Waals surface area contributed by atoms with Crippen LogP contribution in [0.1, 0.15) is 29.9 Å². The van der Waals surface area contributed by atoms with E-state index in [4.69, 9.17) is 4.52 Å². The minimum Gasteiger partial charge on any atom is -0.356 e. The van der Waals surface area contributed by atoms with Gasteiger partial charge in [-0.1, -0.05) is 17.3 Å². The Kier molecular flexibility index (Phi) is 4.28. The van der Waals surface area contributed by atoms with Gasteiger partial charge in [0, 0.05) is 18.5 Å². The molecule has 0 radical (unpaired) electrons. The first-order valence-electron chi connectivity index (χ1n) is 8.85. The van der Waals surface area contributed by atoms with E-state index < -0.39 is 0 Å². The van der Waals surface area contributed by atoms with Crippen molar-refractivity contribution >= 4 is 28.5 Å². The number of hydrogen-bond donors (Lipinski definition) is 1. The third-order valence-corrected chi connectivity index (χ3v) is 4.69. The quantitative estimate of drug-likeness (QED) is 0.778. The molecule has 7 nitrogen and oxygen atoms in total. The predicted molar refractivity (Wildman–Crippen MR) is 99.3 cm³/mol. The summed E-state index contributed by atoms with van der Waals surface area (Å²) in [5.74, 6) is 0.589. The molecule has 1 amide bonds. The molecule has 7 heteroatoms. The number of benzene rings is 1. The van der Waals surface area contributed by atoms with Crippen molar-refractivity contribution in [1.29, 1.82) is 0 Å². The van der Waals surface area contributed by atoms with Crippen LogP contribution in [0.2, 0.25) is 0 Å². The van der Waals surface area contributed by atoms with Crippen LogP contribution in [0.4, 0.5) is 11.6 Å². The number of nitrogens with zero attached hydrogens (tertiary/aromatic N) is 4. The maximum absolute atomic E-state index is 12.5. The molecular weight excluding hydrogens is 330 g/mol. The largest absolute Gasteiger partial charge is 0.356 e. The van der Waals surface area contributed by atoms with Crippen LogP contribution in [0.25, 0.3) is 11.0 Å². The van der Waals surface area contributed by atoms with E-state index in [1.165, 1.54) is 12.8 Å². The number of para-hydroxylation sites is 1. The van der Waals surface area contributed by atoms with Crippen molar-refractivity contribution in [2.75, 3.05) is 23.3 Å². The molecule has 4 rings (SSSR count). The number of carbonyl (C=O) groups excluding carboxylic acids is 1. The van der Waals surface area contributed by atoms with Crippen LogP contribution in [0.5, 0.6) is 0 Å². The Labute approximate surface area is 151 Å². The summed E-state index contributed by atoms with van der Waals surface area (Å²) in [5.41, 5.74) is 3.53. The van der Waals surface area contributed by atoms with Crippen LogP contribution in [-0.4, -0.2) is 34.1 Å². The lowest BCUT2D eigenvalue weighted by Crippen LogP contribution is -2.23. The van der Waals surface area contributed by atoms with Gasteiger partial charge in [-0.05, 0) is 38.8 Å². The van der Waals surface area contributed by atoms with Crippen molar-refractivity contribution in [1.82, 2.24) is 15.1 Å². The highest BCUT2D eigenvalue weighted by molar-refractivity contribution is 5.95. The van der Waals surface area contributed by atoms with E-state index in [1.54, 1.807) is 0 Å².